The predicted octanol–water partition coefficient (Wildman–Crippen LogP) is 2.18. The van der Waals surface area contributed by atoms with E-state index in [0.29, 0.717) is 12.1 Å². The number of halogens is 3. The lowest BCUT2D eigenvalue weighted by molar-refractivity contribution is -0.138. The standard InChI is InChI=1S/C14H20F3N3/c1-19(2)12-3-4-13(14(15,16)17)11(9-12)10-20-7-5-18-6-8-20/h3-4,9,18H,5-8,10H2,1-2H3. The summed E-state index contributed by atoms with van der Waals surface area (Å²) in [6, 6.07) is 4.35. The van der Waals surface area contributed by atoms with Crippen molar-refractivity contribution >= 4 is 5.69 Å². The molecule has 2 rings (SSSR count). The maximum absolute atomic E-state index is 13.1. The highest BCUT2D eigenvalue weighted by Crippen LogP contribution is 2.34. The van der Waals surface area contributed by atoms with E-state index in [0.717, 1.165) is 31.9 Å². The highest BCUT2D eigenvalue weighted by atomic mass is 19.4. The first-order chi connectivity index (χ1) is 9.38. The van der Waals surface area contributed by atoms with Gasteiger partial charge in [0.2, 0.25) is 0 Å². The van der Waals surface area contributed by atoms with E-state index in [1.807, 2.05) is 19.0 Å². The molecule has 0 amide bonds. The third-order valence-corrected chi connectivity index (χ3v) is 3.51. The SMILES string of the molecule is CN(C)c1ccc(C(F)(F)F)c(CN2CCNCC2)c1. The molecule has 112 valence electrons. The van der Waals surface area contributed by atoms with Crippen LogP contribution in [-0.4, -0.2) is 45.2 Å². The van der Waals surface area contributed by atoms with Gasteiger partial charge in [0, 0.05) is 52.5 Å². The second kappa shape index (κ2) is 6.01. The van der Waals surface area contributed by atoms with Gasteiger partial charge in [-0.25, -0.2) is 0 Å². The molecule has 3 nitrogen and oxygen atoms in total. The number of alkyl halides is 3. The molecular weight excluding hydrogens is 267 g/mol. The Morgan fingerprint density at radius 2 is 1.85 bits per heavy atom. The van der Waals surface area contributed by atoms with Crippen LogP contribution in [0.1, 0.15) is 11.1 Å². The highest BCUT2D eigenvalue weighted by Gasteiger charge is 2.33. The highest BCUT2D eigenvalue weighted by molar-refractivity contribution is 5.50. The van der Waals surface area contributed by atoms with Crippen LogP contribution >= 0.6 is 0 Å². The monoisotopic (exact) mass is 287 g/mol. The lowest BCUT2D eigenvalue weighted by Gasteiger charge is -2.28. The quantitative estimate of drug-likeness (QED) is 0.919. The molecule has 1 fully saturated rings. The van der Waals surface area contributed by atoms with Crippen LogP contribution in [0.25, 0.3) is 0 Å². The first kappa shape index (κ1) is 15.1. The molecule has 20 heavy (non-hydrogen) atoms. The Balaban J connectivity index is 2.28. The number of hydrogen-bond acceptors (Lipinski definition) is 3. The van der Waals surface area contributed by atoms with Crippen molar-refractivity contribution in [1.82, 2.24) is 10.2 Å². The molecule has 6 heteroatoms. The van der Waals surface area contributed by atoms with Crippen LogP contribution in [0.2, 0.25) is 0 Å². The predicted molar refractivity (Wildman–Crippen MR) is 73.9 cm³/mol. The van der Waals surface area contributed by atoms with Crippen molar-refractivity contribution in [2.45, 2.75) is 12.7 Å². The van der Waals surface area contributed by atoms with Crippen molar-refractivity contribution < 1.29 is 13.2 Å². The Hall–Kier alpha value is -1.27. The maximum atomic E-state index is 13.1. The number of benzene rings is 1. The van der Waals surface area contributed by atoms with Crippen LogP contribution < -0.4 is 10.2 Å². The topological polar surface area (TPSA) is 18.5 Å². The van der Waals surface area contributed by atoms with Crippen LogP contribution in [0.15, 0.2) is 18.2 Å². The Labute approximate surface area is 117 Å². The minimum atomic E-state index is -4.30. The summed E-state index contributed by atoms with van der Waals surface area (Å²) in [5.74, 6) is 0. The molecule has 1 N–H and O–H groups in total. The minimum Gasteiger partial charge on any atom is -0.378 e. The zero-order chi connectivity index (χ0) is 14.8. The molecule has 1 heterocycles. The number of rotatable bonds is 3. The Morgan fingerprint density at radius 1 is 1.20 bits per heavy atom. The fourth-order valence-corrected chi connectivity index (χ4v) is 2.38. The van der Waals surface area contributed by atoms with Crippen molar-refractivity contribution in [2.24, 2.45) is 0 Å². The van der Waals surface area contributed by atoms with E-state index in [4.69, 9.17) is 0 Å². The summed E-state index contributed by atoms with van der Waals surface area (Å²) in [4.78, 5) is 3.88. The molecule has 0 spiro atoms. The maximum Gasteiger partial charge on any atom is 0.416 e. The van der Waals surface area contributed by atoms with Crippen LogP contribution in [0.4, 0.5) is 18.9 Å². The van der Waals surface area contributed by atoms with Gasteiger partial charge >= 0.3 is 6.18 Å². The van der Waals surface area contributed by atoms with Gasteiger partial charge < -0.3 is 10.2 Å². The summed E-state index contributed by atoms with van der Waals surface area (Å²) in [6.07, 6.45) is -4.30. The van der Waals surface area contributed by atoms with Gasteiger partial charge in [-0.15, -0.1) is 0 Å². The van der Waals surface area contributed by atoms with Crippen molar-refractivity contribution in [3.63, 3.8) is 0 Å². The molecule has 0 unspecified atom stereocenters. The first-order valence-corrected chi connectivity index (χ1v) is 6.68. The summed E-state index contributed by atoms with van der Waals surface area (Å²) in [6.45, 7) is 3.56. The normalized spacial score (nSPS) is 17.2. The van der Waals surface area contributed by atoms with Crippen LogP contribution in [0, 0.1) is 0 Å². The number of nitrogens with one attached hydrogen (secondary N) is 1. The molecule has 0 aromatic heterocycles. The van der Waals surface area contributed by atoms with Gasteiger partial charge in [0.15, 0.2) is 0 Å². The van der Waals surface area contributed by atoms with Gasteiger partial charge in [0.25, 0.3) is 0 Å². The minimum absolute atomic E-state index is 0.345. The molecule has 0 bridgehead atoms. The Morgan fingerprint density at radius 3 is 2.40 bits per heavy atom. The van der Waals surface area contributed by atoms with Gasteiger partial charge in [-0.1, -0.05) is 0 Å². The van der Waals surface area contributed by atoms with Crippen molar-refractivity contribution in [1.29, 1.82) is 0 Å². The second-order valence-corrected chi connectivity index (χ2v) is 5.26. The van der Waals surface area contributed by atoms with E-state index >= 15 is 0 Å². The zero-order valence-electron chi connectivity index (χ0n) is 11.8. The van der Waals surface area contributed by atoms with Crippen molar-refractivity contribution in [3.05, 3.63) is 29.3 Å². The Kier molecular flexibility index (Phi) is 4.55. The third kappa shape index (κ3) is 3.64. The summed E-state index contributed by atoms with van der Waals surface area (Å²) in [5, 5.41) is 3.20. The van der Waals surface area contributed by atoms with Crippen molar-refractivity contribution in [3.8, 4) is 0 Å². The second-order valence-electron chi connectivity index (χ2n) is 5.26. The van der Waals surface area contributed by atoms with Crippen LogP contribution in [0.3, 0.4) is 0 Å². The molecule has 0 aliphatic carbocycles. The lowest BCUT2D eigenvalue weighted by atomic mass is 10.0. The summed E-state index contributed by atoms with van der Waals surface area (Å²) in [7, 11) is 3.66. The summed E-state index contributed by atoms with van der Waals surface area (Å²) in [5.41, 5.74) is 0.621. The van der Waals surface area contributed by atoms with E-state index < -0.39 is 11.7 Å². The van der Waals surface area contributed by atoms with Crippen LogP contribution in [-0.2, 0) is 12.7 Å². The number of nitrogens with zero attached hydrogens (tertiary/aromatic N) is 2. The zero-order valence-corrected chi connectivity index (χ0v) is 11.8. The summed E-state index contributed by atoms with van der Waals surface area (Å²) < 4.78 is 39.3. The lowest BCUT2D eigenvalue weighted by Crippen LogP contribution is -2.43. The number of anilines is 1. The van der Waals surface area contributed by atoms with E-state index in [1.54, 1.807) is 6.07 Å². The van der Waals surface area contributed by atoms with E-state index in [2.05, 4.69) is 10.2 Å². The molecule has 1 aliphatic heterocycles. The molecule has 1 aromatic rings. The van der Waals surface area contributed by atoms with E-state index in [1.165, 1.54) is 12.1 Å². The number of hydrogen-bond donors (Lipinski definition) is 1. The molecule has 1 aromatic carbocycles. The Bertz CT molecular complexity index is 451. The first-order valence-electron chi connectivity index (χ1n) is 6.68. The molecular formula is C14H20F3N3. The number of piperazine rings is 1. The fraction of sp³-hybridized carbons (Fsp3) is 0.571. The van der Waals surface area contributed by atoms with Gasteiger partial charge in [0.1, 0.15) is 0 Å². The van der Waals surface area contributed by atoms with E-state index in [-0.39, 0.29) is 0 Å². The van der Waals surface area contributed by atoms with E-state index in [9.17, 15) is 13.2 Å². The molecule has 1 aliphatic rings. The van der Waals surface area contributed by atoms with Crippen LogP contribution in [0.5, 0.6) is 0 Å². The fourth-order valence-electron chi connectivity index (χ4n) is 2.38. The summed E-state index contributed by atoms with van der Waals surface area (Å²) >= 11 is 0. The average Bonchev–Trinajstić information content (AvgIpc) is 2.38. The average molecular weight is 287 g/mol. The van der Waals surface area contributed by atoms with Gasteiger partial charge in [-0.2, -0.15) is 13.2 Å². The molecule has 0 radical (unpaired) electrons. The van der Waals surface area contributed by atoms with Crippen molar-refractivity contribution in [2.75, 3.05) is 45.2 Å². The molecule has 1 saturated heterocycles. The van der Waals surface area contributed by atoms with Gasteiger partial charge in [0.05, 0.1) is 5.56 Å². The van der Waals surface area contributed by atoms with Gasteiger partial charge in [-0.3, -0.25) is 4.90 Å². The van der Waals surface area contributed by atoms with Gasteiger partial charge in [-0.05, 0) is 23.8 Å². The molecule has 0 atom stereocenters. The molecule has 0 saturated carbocycles. The smallest absolute Gasteiger partial charge is 0.378 e. The largest absolute Gasteiger partial charge is 0.416 e. The third-order valence-electron chi connectivity index (χ3n) is 3.51.